The van der Waals surface area contributed by atoms with Crippen LogP contribution < -0.4 is 0 Å². The van der Waals surface area contributed by atoms with Crippen molar-refractivity contribution in [1.29, 1.82) is 0 Å². The van der Waals surface area contributed by atoms with Crippen LogP contribution in [0, 0.1) is 35.0 Å². The van der Waals surface area contributed by atoms with Crippen LogP contribution in [0.4, 0.5) is 0 Å². The molecule has 3 aliphatic rings. The van der Waals surface area contributed by atoms with Gasteiger partial charge in [0, 0.05) is 25.8 Å². The predicted molar refractivity (Wildman–Crippen MR) is 144 cm³/mol. The van der Waals surface area contributed by atoms with E-state index in [-0.39, 0.29) is 23.7 Å². The van der Waals surface area contributed by atoms with E-state index in [9.17, 15) is 9.90 Å². The molecular weight excluding hydrogens is 488 g/mol. The van der Waals surface area contributed by atoms with Crippen LogP contribution in [-0.4, -0.2) is 50.2 Å². The largest absolute Gasteiger partial charge is 0.390 e. The number of unbranched alkanes of at least 4 members (excludes halogenated alkanes) is 1. The average Bonchev–Trinajstić information content (AvgIpc) is 3.41. The number of aromatic nitrogens is 4. The van der Waals surface area contributed by atoms with E-state index in [1.165, 1.54) is 30.5 Å². The lowest BCUT2D eigenvalue weighted by molar-refractivity contribution is -0.130. The maximum atomic E-state index is 13.5. The van der Waals surface area contributed by atoms with Gasteiger partial charge in [-0.2, -0.15) is 9.90 Å². The number of rotatable bonds is 10. The molecule has 0 radical (unpaired) electrons. The van der Waals surface area contributed by atoms with Gasteiger partial charge in [0.05, 0.1) is 10.6 Å². The van der Waals surface area contributed by atoms with E-state index >= 15 is 0 Å². The summed E-state index contributed by atoms with van der Waals surface area (Å²) in [5, 5.41) is 20.4. The molecular formula is C29H43ClN4O3. The number of Topliss-reactive ketones (excluding diaryl/α,β-unsaturated/α-hetero) is 1. The van der Waals surface area contributed by atoms with Gasteiger partial charge in [-0.3, -0.25) is 4.79 Å². The van der Waals surface area contributed by atoms with Crippen LogP contribution >= 0.6 is 11.6 Å². The molecule has 0 aliphatic heterocycles. The van der Waals surface area contributed by atoms with Gasteiger partial charge in [0.1, 0.15) is 12.1 Å². The van der Waals surface area contributed by atoms with E-state index < -0.39 is 5.60 Å². The van der Waals surface area contributed by atoms with Crippen molar-refractivity contribution in [2.24, 2.45) is 35.0 Å². The number of pyridine rings is 1. The van der Waals surface area contributed by atoms with E-state index in [0.29, 0.717) is 28.0 Å². The molecule has 3 saturated carbocycles. The lowest BCUT2D eigenvalue weighted by atomic mass is 9.53. The Morgan fingerprint density at radius 3 is 2.89 bits per heavy atom. The second-order valence-corrected chi connectivity index (χ2v) is 13.2. The molecule has 3 fully saturated rings. The smallest absolute Gasteiger partial charge is 0.201 e. The maximum absolute atomic E-state index is 13.5. The number of hydrogen-bond acceptors (Lipinski definition) is 6. The Balaban J connectivity index is 1.18. The Morgan fingerprint density at radius 2 is 2.08 bits per heavy atom. The summed E-state index contributed by atoms with van der Waals surface area (Å²) in [6.45, 7) is 5.39. The number of fused-ring (bicyclic) bond motifs is 4. The molecule has 0 unspecified atom stereocenters. The number of ether oxygens (including phenoxy) is 1. The molecule has 7 atom stereocenters. The topological polar surface area (TPSA) is 90.1 Å². The number of nitrogens with zero attached hydrogens (tertiary/aromatic N) is 4. The predicted octanol–water partition coefficient (Wildman–Crippen LogP) is 5.87. The zero-order valence-electron chi connectivity index (χ0n) is 22.7. The molecule has 0 amide bonds. The summed E-state index contributed by atoms with van der Waals surface area (Å²) in [5.74, 6) is 3.03. The summed E-state index contributed by atoms with van der Waals surface area (Å²) >= 11 is 6.04. The molecule has 0 saturated heterocycles. The fourth-order valence-electron chi connectivity index (χ4n) is 8.41. The molecule has 0 aromatic carbocycles. The number of carbonyl (C=O) groups is 1. The fourth-order valence-corrected chi connectivity index (χ4v) is 8.56. The van der Waals surface area contributed by atoms with Crippen LogP contribution in [0.5, 0.6) is 0 Å². The van der Waals surface area contributed by atoms with Gasteiger partial charge in [-0.25, -0.2) is 4.98 Å². The molecule has 2 aromatic rings. The van der Waals surface area contributed by atoms with Crippen LogP contribution in [0.15, 0.2) is 12.3 Å². The summed E-state index contributed by atoms with van der Waals surface area (Å²) in [6, 6.07) is 1.74. The average molecular weight is 531 g/mol. The van der Waals surface area contributed by atoms with E-state index in [1.807, 2.05) is 6.92 Å². The van der Waals surface area contributed by atoms with Gasteiger partial charge < -0.3 is 9.84 Å². The van der Waals surface area contributed by atoms with Gasteiger partial charge in [0.2, 0.25) is 5.65 Å². The number of halogens is 1. The zero-order chi connectivity index (χ0) is 26.2. The highest BCUT2D eigenvalue weighted by molar-refractivity contribution is 6.30. The molecule has 0 spiro atoms. The minimum absolute atomic E-state index is 0.0755. The molecule has 7 nitrogen and oxygen atoms in total. The lowest BCUT2D eigenvalue weighted by Gasteiger charge is -2.52. The van der Waals surface area contributed by atoms with Gasteiger partial charge in [-0.1, -0.05) is 24.9 Å². The Bertz CT molecular complexity index is 1100. The maximum Gasteiger partial charge on any atom is 0.201 e. The van der Waals surface area contributed by atoms with Gasteiger partial charge in [0.15, 0.2) is 5.78 Å². The van der Waals surface area contributed by atoms with E-state index in [4.69, 9.17) is 16.3 Å². The molecule has 3 aliphatic carbocycles. The summed E-state index contributed by atoms with van der Waals surface area (Å²) in [7, 11) is 1.74. The summed E-state index contributed by atoms with van der Waals surface area (Å²) in [4.78, 5) is 19.3. The van der Waals surface area contributed by atoms with Crippen molar-refractivity contribution in [2.45, 2.75) is 96.6 Å². The molecule has 204 valence electrons. The standard InChI is InChI=1S/C29H43ClN4O3/c1-28(36,11-4-5-13-37-3)16-19-6-7-22-20(14-19)10-12-29(2)23(22)8-9-24(29)26(35)18-34-32-25-15-21(30)17-31-27(25)33-34/h15,17,19-20,22-24,36H,4-14,16,18H2,1-3H3/t19-,20-,22-,23+,24-,28-,29+/m1/s1. The normalized spacial score (nSPS) is 33.2. The first kappa shape index (κ1) is 27.0. The third kappa shape index (κ3) is 5.74. The molecule has 37 heavy (non-hydrogen) atoms. The fraction of sp³-hybridized carbons (Fsp3) is 0.793. The van der Waals surface area contributed by atoms with Crippen LogP contribution in [0.2, 0.25) is 5.02 Å². The minimum Gasteiger partial charge on any atom is -0.390 e. The highest BCUT2D eigenvalue weighted by Gasteiger charge is 2.56. The highest BCUT2D eigenvalue weighted by atomic mass is 35.5. The summed E-state index contributed by atoms with van der Waals surface area (Å²) < 4.78 is 5.16. The van der Waals surface area contributed by atoms with Gasteiger partial charge >= 0.3 is 0 Å². The molecule has 5 rings (SSSR count). The monoisotopic (exact) mass is 530 g/mol. The van der Waals surface area contributed by atoms with E-state index in [0.717, 1.165) is 63.4 Å². The highest BCUT2D eigenvalue weighted by Crippen LogP contribution is 2.62. The Kier molecular flexibility index (Phi) is 7.95. The van der Waals surface area contributed by atoms with Crippen LogP contribution in [0.1, 0.15) is 84.5 Å². The van der Waals surface area contributed by atoms with E-state index in [2.05, 4.69) is 22.1 Å². The van der Waals surface area contributed by atoms with Crippen LogP contribution in [0.3, 0.4) is 0 Å². The lowest BCUT2D eigenvalue weighted by Crippen LogP contribution is -2.46. The molecule has 1 N–H and O–H groups in total. The number of ketones is 1. The molecule has 2 heterocycles. The first-order chi connectivity index (χ1) is 17.7. The third-order valence-corrected chi connectivity index (χ3v) is 10.3. The number of carbonyl (C=O) groups excluding carboxylic acids is 1. The van der Waals surface area contributed by atoms with Crippen molar-refractivity contribution >= 4 is 28.5 Å². The summed E-state index contributed by atoms with van der Waals surface area (Å²) in [6.07, 6.45) is 13.5. The SMILES string of the molecule is COCCCC[C@@](C)(O)C[C@@H]1CC[C@@H]2[C@H](CC[C@]3(C)[C@@H](C(=O)Cn4nc5cc(Cl)cnc5n4)CC[C@@H]23)C1. The molecule has 2 aromatic heterocycles. The van der Waals surface area contributed by atoms with Crippen LogP contribution in [-0.2, 0) is 16.1 Å². The quantitative estimate of drug-likeness (QED) is 0.386. The Labute approximate surface area is 225 Å². The molecule has 0 bridgehead atoms. The van der Waals surface area contributed by atoms with Crippen molar-refractivity contribution < 1.29 is 14.6 Å². The van der Waals surface area contributed by atoms with Gasteiger partial charge in [0.25, 0.3) is 0 Å². The van der Waals surface area contributed by atoms with E-state index in [1.54, 1.807) is 19.4 Å². The van der Waals surface area contributed by atoms with Gasteiger partial charge in [-0.05, 0) is 106 Å². The third-order valence-electron chi connectivity index (χ3n) is 10.1. The number of aliphatic hydroxyl groups is 1. The van der Waals surface area contributed by atoms with Crippen molar-refractivity contribution in [3.63, 3.8) is 0 Å². The Hall–Kier alpha value is -1.57. The van der Waals surface area contributed by atoms with Crippen molar-refractivity contribution in [3.05, 3.63) is 17.3 Å². The second kappa shape index (κ2) is 10.9. The van der Waals surface area contributed by atoms with Crippen molar-refractivity contribution in [2.75, 3.05) is 13.7 Å². The first-order valence-corrected chi connectivity index (χ1v) is 14.7. The number of methoxy groups -OCH3 is 1. The van der Waals surface area contributed by atoms with Gasteiger partial charge in [-0.15, -0.1) is 5.10 Å². The molecule has 8 heteroatoms. The summed E-state index contributed by atoms with van der Waals surface area (Å²) in [5.41, 5.74) is 0.651. The van der Waals surface area contributed by atoms with Crippen molar-refractivity contribution in [1.82, 2.24) is 20.0 Å². The number of hydrogen-bond donors (Lipinski definition) is 1. The zero-order valence-corrected chi connectivity index (χ0v) is 23.4. The Morgan fingerprint density at radius 1 is 1.24 bits per heavy atom. The second-order valence-electron chi connectivity index (χ2n) is 12.7. The minimum atomic E-state index is -0.578. The van der Waals surface area contributed by atoms with Crippen molar-refractivity contribution in [3.8, 4) is 0 Å². The first-order valence-electron chi connectivity index (χ1n) is 14.3. The van der Waals surface area contributed by atoms with Crippen LogP contribution in [0.25, 0.3) is 11.2 Å².